The number of hydrogen-bond donors (Lipinski definition) is 2. The van der Waals surface area contributed by atoms with Crippen LogP contribution in [0.3, 0.4) is 0 Å². The summed E-state index contributed by atoms with van der Waals surface area (Å²) < 4.78 is 0. The topological polar surface area (TPSA) is 61.4 Å². The summed E-state index contributed by atoms with van der Waals surface area (Å²) in [5.74, 6) is -0.214. The van der Waals surface area contributed by atoms with Crippen LogP contribution in [0.2, 0.25) is 0 Å². The third-order valence-electron chi connectivity index (χ3n) is 3.22. The number of benzene rings is 1. The zero-order valence-corrected chi connectivity index (χ0v) is 14.4. The Morgan fingerprint density at radius 2 is 1.68 bits per heavy atom. The van der Waals surface area contributed by atoms with Gasteiger partial charge in [0.15, 0.2) is 0 Å². The summed E-state index contributed by atoms with van der Waals surface area (Å²) in [4.78, 5) is 25.6. The minimum atomic E-state index is -0.265. The maximum Gasteiger partial charge on any atom is 0.238 e. The van der Waals surface area contributed by atoms with Gasteiger partial charge < -0.3 is 10.6 Å². The number of anilines is 1. The van der Waals surface area contributed by atoms with Gasteiger partial charge in [0, 0.05) is 11.2 Å². The van der Waals surface area contributed by atoms with Crippen molar-refractivity contribution in [3.05, 3.63) is 29.3 Å². The first-order valence-corrected chi connectivity index (χ1v) is 7.44. The molecule has 2 N–H and O–H groups in total. The van der Waals surface area contributed by atoms with Crippen molar-refractivity contribution in [2.45, 2.75) is 40.2 Å². The van der Waals surface area contributed by atoms with Crippen molar-refractivity contribution in [1.29, 1.82) is 0 Å². The summed E-state index contributed by atoms with van der Waals surface area (Å²) in [5.41, 5.74) is 2.75. The zero-order valence-electron chi connectivity index (χ0n) is 14.4. The Balaban J connectivity index is 2.51. The lowest BCUT2D eigenvalue weighted by molar-refractivity contribution is -0.124. The largest absolute Gasteiger partial charge is 0.350 e. The van der Waals surface area contributed by atoms with Crippen molar-refractivity contribution in [2.75, 3.05) is 25.5 Å². The van der Waals surface area contributed by atoms with Crippen LogP contribution in [0.25, 0.3) is 0 Å². The van der Waals surface area contributed by atoms with Gasteiger partial charge in [-0.25, -0.2) is 0 Å². The number of carbonyl (C=O) groups is 2. The molecule has 1 aromatic rings. The molecule has 122 valence electrons. The van der Waals surface area contributed by atoms with E-state index in [1.165, 1.54) is 0 Å². The molecule has 0 aliphatic rings. The Labute approximate surface area is 133 Å². The molecule has 0 aliphatic heterocycles. The number of rotatable bonds is 5. The van der Waals surface area contributed by atoms with Gasteiger partial charge in [0.2, 0.25) is 11.8 Å². The van der Waals surface area contributed by atoms with E-state index < -0.39 is 0 Å². The smallest absolute Gasteiger partial charge is 0.238 e. The molecule has 0 saturated carbocycles. The molecule has 0 atom stereocenters. The molecule has 0 bridgehead atoms. The van der Waals surface area contributed by atoms with Gasteiger partial charge in [0.1, 0.15) is 0 Å². The van der Waals surface area contributed by atoms with Gasteiger partial charge in [-0.3, -0.25) is 14.5 Å². The second-order valence-corrected chi connectivity index (χ2v) is 6.77. The highest BCUT2D eigenvalue weighted by Crippen LogP contribution is 2.17. The van der Waals surface area contributed by atoms with Crippen molar-refractivity contribution in [3.8, 4) is 0 Å². The fraction of sp³-hybridized carbons (Fsp3) is 0.529. The molecular formula is C17H27N3O2. The molecule has 2 amide bonds. The van der Waals surface area contributed by atoms with Gasteiger partial charge >= 0.3 is 0 Å². The van der Waals surface area contributed by atoms with Gasteiger partial charge in [-0.05, 0) is 58.9 Å². The van der Waals surface area contributed by atoms with Crippen molar-refractivity contribution in [3.63, 3.8) is 0 Å². The van der Waals surface area contributed by atoms with Crippen LogP contribution < -0.4 is 10.6 Å². The summed E-state index contributed by atoms with van der Waals surface area (Å²) in [6.45, 7) is 10.1. The Bertz CT molecular complexity index is 547. The highest BCUT2D eigenvalue weighted by Gasteiger charge is 2.16. The third kappa shape index (κ3) is 6.26. The molecule has 5 heteroatoms. The van der Waals surface area contributed by atoms with E-state index in [9.17, 15) is 9.59 Å². The molecule has 1 rings (SSSR count). The fourth-order valence-corrected chi connectivity index (χ4v) is 2.08. The standard InChI is InChI=1S/C17H27N3O2/c1-12-8-7-9-14(13(12)2)18-15(21)10-20(6)11-16(22)19-17(3,4)5/h7-9H,10-11H2,1-6H3,(H,18,21)(H,19,22). The van der Waals surface area contributed by atoms with E-state index in [1.807, 2.05) is 52.8 Å². The van der Waals surface area contributed by atoms with E-state index in [0.29, 0.717) is 0 Å². The Morgan fingerprint density at radius 1 is 1.09 bits per heavy atom. The molecule has 22 heavy (non-hydrogen) atoms. The molecule has 1 aromatic carbocycles. The Kier molecular flexibility index (Phi) is 6.11. The minimum Gasteiger partial charge on any atom is -0.350 e. The monoisotopic (exact) mass is 305 g/mol. The predicted molar refractivity (Wildman–Crippen MR) is 89.9 cm³/mol. The summed E-state index contributed by atoms with van der Waals surface area (Å²) in [6.07, 6.45) is 0. The van der Waals surface area contributed by atoms with E-state index in [2.05, 4.69) is 10.6 Å². The lowest BCUT2D eigenvalue weighted by atomic mass is 10.1. The second-order valence-electron chi connectivity index (χ2n) is 6.77. The minimum absolute atomic E-state index is 0.0884. The average molecular weight is 305 g/mol. The van der Waals surface area contributed by atoms with E-state index in [4.69, 9.17) is 0 Å². The summed E-state index contributed by atoms with van der Waals surface area (Å²) >= 11 is 0. The highest BCUT2D eigenvalue weighted by atomic mass is 16.2. The van der Waals surface area contributed by atoms with E-state index in [0.717, 1.165) is 16.8 Å². The van der Waals surface area contributed by atoms with Crippen LogP contribution in [-0.2, 0) is 9.59 Å². The Hall–Kier alpha value is -1.88. The SMILES string of the molecule is Cc1cccc(NC(=O)CN(C)CC(=O)NC(C)(C)C)c1C. The number of nitrogens with zero attached hydrogens (tertiary/aromatic N) is 1. The first-order chi connectivity index (χ1) is 10.1. The van der Waals surface area contributed by atoms with Gasteiger partial charge in [-0.15, -0.1) is 0 Å². The van der Waals surface area contributed by atoms with Crippen LogP contribution in [0.4, 0.5) is 5.69 Å². The van der Waals surface area contributed by atoms with Crippen LogP contribution in [0.5, 0.6) is 0 Å². The molecule has 0 aromatic heterocycles. The average Bonchev–Trinajstić information content (AvgIpc) is 2.31. The Morgan fingerprint density at radius 3 is 2.27 bits per heavy atom. The van der Waals surface area contributed by atoms with Crippen LogP contribution in [0.15, 0.2) is 18.2 Å². The molecule has 0 spiro atoms. The molecule has 0 radical (unpaired) electrons. The zero-order chi connectivity index (χ0) is 16.9. The lowest BCUT2D eigenvalue weighted by Gasteiger charge is -2.23. The van der Waals surface area contributed by atoms with Crippen molar-refractivity contribution in [1.82, 2.24) is 10.2 Å². The number of hydrogen-bond acceptors (Lipinski definition) is 3. The molecule has 0 aliphatic carbocycles. The summed E-state index contributed by atoms with van der Waals surface area (Å²) in [5, 5.41) is 5.77. The maximum atomic E-state index is 12.1. The molecule has 0 unspecified atom stereocenters. The highest BCUT2D eigenvalue weighted by molar-refractivity contribution is 5.93. The molecular weight excluding hydrogens is 278 g/mol. The first-order valence-electron chi connectivity index (χ1n) is 7.44. The van der Waals surface area contributed by atoms with Crippen LogP contribution in [-0.4, -0.2) is 42.4 Å². The number of nitrogens with one attached hydrogen (secondary N) is 2. The van der Waals surface area contributed by atoms with Gasteiger partial charge in [-0.1, -0.05) is 12.1 Å². The van der Waals surface area contributed by atoms with Gasteiger partial charge in [0.05, 0.1) is 13.1 Å². The van der Waals surface area contributed by atoms with Crippen molar-refractivity contribution < 1.29 is 9.59 Å². The van der Waals surface area contributed by atoms with Crippen molar-refractivity contribution in [2.24, 2.45) is 0 Å². The number of likely N-dealkylation sites (N-methyl/N-ethyl adjacent to an activating group) is 1. The van der Waals surface area contributed by atoms with E-state index >= 15 is 0 Å². The van der Waals surface area contributed by atoms with E-state index in [1.54, 1.807) is 11.9 Å². The predicted octanol–water partition coefficient (Wildman–Crippen LogP) is 2.09. The van der Waals surface area contributed by atoms with Gasteiger partial charge in [0.25, 0.3) is 0 Å². The maximum absolute atomic E-state index is 12.1. The first kappa shape index (κ1) is 18.2. The molecule has 0 saturated heterocycles. The number of carbonyl (C=O) groups excluding carboxylic acids is 2. The van der Waals surface area contributed by atoms with Gasteiger partial charge in [-0.2, -0.15) is 0 Å². The van der Waals surface area contributed by atoms with E-state index in [-0.39, 0.29) is 30.4 Å². The quantitative estimate of drug-likeness (QED) is 0.875. The lowest BCUT2D eigenvalue weighted by Crippen LogP contribution is -2.46. The number of amides is 2. The third-order valence-corrected chi connectivity index (χ3v) is 3.22. The van der Waals surface area contributed by atoms with Crippen LogP contribution in [0.1, 0.15) is 31.9 Å². The normalized spacial score (nSPS) is 11.4. The molecule has 0 fully saturated rings. The van der Waals surface area contributed by atoms with Crippen LogP contribution in [0, 0.1) is 13.8 Å². The van der Waals surface area contributed by atoms with Crippen molar-refractivity contribution >= 4 is 17.5 Å². The second kappa shape index (κ2) is 7.40. The summed E-state index contributed by atoms with van der Waals surface area (Å²) in [7, 11) is 1.75. The molecule has 0 heterocycles. The molecule has 5 nitrogen and oxygen atoms in total. The summed E-state index contributed by atoms with van der Waals surface area (Å²) in [6, 6.07) is 5.80. The number of aryl methyl sites for hydroxylation is 1. The fourth-order valence-electron chi connectivity index (χ4n) is 2.08. The van der Waals surface area contributed by atoms with Crippen LogP contribution >= 0.6 is 0 Å².